The molecule has 1 aromatic heterocycles. The number of benzene rings is 1. The van der Waals surface area contributed by atoms with Crippen LogP contribution in [0.2, 0.25) is 0 Å². The van der Waals surface area contributed by atoms with Gasteiger partial charge in [-0.2, -0.15) is 4.98 Å². The summed E-state index contributed by atoms with van der Waals surface area (Å²) in [5.74, 6) is 0.540. The number of halogens is 1. The van der Waals surface area contributed by atoms with E-state index in [0.717, 1.165) is 12.8 Å². The predicted octanol–water partition coefficient (Wildman–Crippen LogP) is 4.51. The van der Waals surface area contributed by atoms with Gasteiger partial charge in [-0.1, -0.05) is 31.4 Å². The lowest BCUT2D eigenvalue weighted by atomic mass is 9.84. The number of hydrogen-bond donors (Lipinski definition) is 1. The molecule has 1 aliphatic carbocycles. The zero-order valence-electron chi connectivity index (χ0n) is 16.4. The Hall–Kier alpha value is -2.63. The molecular weight excluding hydrogens is 359 g/mol. The monoisotopic (exact) mass is 386 g/mol. The maximum absolute atomic E-state index is 13.3. The molecular formula is C22H27FN2O3. The minimum Gasteiger partial charge on any atom is -0.480 e. The van der Waals surface area contributed by atoms with Crippen molar-refractivity contribution in [3.8, 4) is 11.8 Å². The van der Waals surface area contributed by atoms with Crippen molar-refractivity contribution in [3.63, 3.8) is 0 Å². The standard InChI is InChI=1S/C22H27FN2O3/c1-15(17-8-4-3-5-9-17)24-21(26)19-11-12-20(25-22(19)27-2)28-14-16-7-6-10-18(23)13-16/h6-7,10-13,15,17H,3-5,8-9,14H2,1-2H3,(H,24,26). The third kappa shape index (κ3) is 5.21. The molecule has 1 atom stereocenters. The zero-order valence-corrected chi connectivity index (χ0v) is 16.4. The molecule has 0 aliphatic heterocycles. The van der Waals surface area contributed by atoms with Crippen molar-refractivity contribution in [2.75, 3.05) is 7.11 Å². The molecule has 28 heavy (non-hydrogen) atoms. The number of methoxy groups -OCH3 is 1. The average molecular weight is 386 g/mol. The van der Waals surface area contributed by atoms with E-state index in [9.17, 15) is 9.18 Å². The first kappa shape index (κ1) is 20.1. The normalized spacial score (nSPS) is 15.7. The zero-order chi connectivity index (χ0) is 19.9. The van der Waals surface area contributed by atoms with Crippen LogP contribution in [0.4, 0.5) is 4.39 Å². The molecule has 1 aromatic carbocycles. The Morgan fingerprint density at radius 2 is 2.04 bits per heavy atom. The van der Waals surface area contributed by atoms with Gasteiger partial charge in [0.05, 0.1) is 7.11 Å². The van der Waals surface area contributed by atoms with Crippen molar-refractivity contribution in [1.29, 1.82) is 0 Å². The molecule has 1 amide bonds. The summed E-state index contributed by atoms with van der Waals surface area (Å²) in [4.78, 5) is 17.0. The molecule has 1 fully saturated rings. The van der Waals surface area contributed by atoms with Crippen LogP contribution in [0, 0.1) is 11.7 Å². The summed E-state index contributed by atoms with van der Waals surface area (Å²) in [6, 6.07) is 9.58. The Labute approximate surface area is 165 Å². The Bertz CT molecular complexity index is 806. The number of aromatic nitrogens is 1. The second kappa shape index (κ2) is 9.53. The Morgan fingerprint density at radius 1 is 1.25 bits per heavy atom. The SMILES string of the molecule is COc1nc(OCc2cccc(F)c2)ccc1C(=O)NC(C)C1CCCCC1. The number of nitrogens with one attached hydrogen (secondary N) is 1. The lowest BCUT2D eigenvalue weighted by Crippen LogP contribution is -2.39. The number of carbonyl (C=O) groups is 1. The van der Waals surface area contributed by atoms with E-state index in [2.05, 4.69) is 17.2 Å². The molecule has 2 aromatic rings. The fraction of sp³-hybridized carbons (Fsp3) is 0.455. The summed E-state index contributed by atoms with van der Waals surface area (Å²) in [6.07, 6.45) is 6.06. The minimum absolute atomic E-state index is 0.112. The van der Waals surface area contributed by atoms with Crippen molar-refractivity contribution in [2.24, 2.45) is 5.92 Å². The molecule has 1 heterocycles. The van der Waals surface area contributed by atoms with Crippen LogP contribution >= 0.6 is 0 Å². The summed E-state index contributed by atoms with van der Waals surface area (Å²) in [7, 11) is 1.47. The van der Waals surface area contributed by atoms with Crippen molar-refractivity contribution in [2.45, 2.75) is 51.7 Å². The van der Waals surface area contributed by atoms with Gasteiger partial charge in [-0.15, -0.1) is 0 Å². The van der Waals surface area contributed by atoms with Gasteiger partial charge in [0.25, 0.3) is 5.91 Å². The van der Waals surface area contributed by atoms with Crippen molar-refractivity contribution in [3.05, 3.63) is 53.3 Å². The first-order valence-electron chi connectivity index (χ1n) is 9.80. The number of amides is 1. The second-order valence-electron chi connectivity index (χ2n) is 7.29. The van der Waals surface area contributed by atoms with Gasteiger partial charge < -0.3 is 14.8 Å². The van der Waals surface area contributed by atoms with E-state index in [0.29, 0.717) is 22.9 Å². The summed E-state index contributed by atoms with van der Waals surface area (Å²) in [5, 5.41) is 3.08. The maximum Gasteiger partial charge on any atom is 0.256 e. The van der Waals surface area contributed by atoms with E-state index in [1.165, 1.54) is 38.5 Å². The van der Waals surface area contributed by atoms with E-state index < -0.39 is 0 Å². The number of nitrogens with zero attached hydrogens (tertiary/aromatic N) is 1. The van der Waals surface area contributed by atoms with Gasteiger partial charge >= 0.3 is 0 Å². The van der Waals surface area contributed by atoms with Crippen molar-refractivity contribution < 1.29 is 18.7 Å². The molecule has 1 N–H and O–H groups in total. The van der Waals surface area contributed by atoms with Gasteiger partial charge in [-0.05, 0) is 49.4 Å². The molecule has 0 radical (unpaired) electrons. The lowest BCUT2D eigenvalue weighted by Gasteiger charge is -2.28. The first-order chi connectivity index (χ1) is 13.6. The van der Waals surface area contributed by atoms with Gasteiger partial charge in [-0.3, -0.25) is 4.79 Å². The van der Waals surface area contributed by atoms with E-state index >= 15 is 0 Å². The minimum atomic E-state index is -0.314. The molecule has 150 valence electrons. The highest BCUT2D eigenvalue weighted by Gasteiger charge is 2.23. The summed E-state index contributed by atoms with van der Waals surface area (Å²) >= 11 is 0. The van der Waals surface area contributed by atoms with Crippen LogP contribution in [0.3, 0.4) is 0 Å². The average Bonchev–Trinajstić information content (AvgIpc) is 2.72. The van der Waals surface area contributed by atoms with Crippen LogP contribution < -0.4 is 14.8 Å². The number of hydrogen-bond acceptors (Lipinski definition) is 4. The van der Waals surface area contributed by atoms with Gasteiger partial charge in [0.2, 0.25) is 11.8 Å². The molecule has 6 heteroatoms. The van der Waals surface area contributed by atoms with E-state index in [1.807, 2.05) is 0 Å². The Morgan fingerprint density at radius 3 is 2.75 bits per heavy atom. The third-order valence-corrected chi connectivity index (χ3v) is 5.26. The third-order valence-electron chi connectivity index (χ3n) is 5.26. The van der Waals surface area contributed by atoms with Crippen molar-refractivity contribution >= 4 is 5.91 Å². The van der Waals surface area contributed by atoms with E-state index in [4.69, 9.17) is 9.47 Å². The Balaban J connectivity index is 1.64. The van der Waals surface area contributed by atoms with Crippen LogP contribution in [0.15, 0.2) is 36.4 Å². The van der Waals surface area contributed by atoms with Crippen LogP contribution in [0.1, 0.15) is 54.9 Å². The number of ether oxygens (including phenoxy) is 2. The van der Waals surface area contributed by atoms with Crippen molar-refractivity contribution in [1.82, 2.24) is 10.3 Å². The van der Waals surface area contributed by atoms with Crippen LogP contribution in [-0.4, -0.2) is 24.0 Å². The molecule has 1 unspecified atom stereocenters. The second-order valence-corrected chi connectivity index (χ2v) is 7.29. The fourth-order valence-electron chi connectivity index (χ4n) is 3.65. The van der Waals surface area contributed by atoms with Crippen LogP contribution in [-0.2, 0) is 6.61 Å². The van der Waals surface area contributed by atoms with Crippen LogP contribution in [0.25, 0.3) is 0 Å². The van der Waals surface area contributed by atoms with Gasteiger partial charge in [0.15, 0.2) is 0 Å². The smallest absolute Gasteiger partial charge is 0.256 e. The number of pyridine rings is 1. The molecule has 0 spiro atoms. The highest BCUT2D eigenvalue weighted by atomic mass is 19.1. The molecule has 0 saturated heterocycles. The topological polar surface area (TPSA) is 60.5 Å². The first-order valence-corrected chi connectivity index (χ1v) is 9.80. The molecule has 0 bridgehead atoms. The van der Waals surface area contributed by atoms with Gasteiger partial charge in [-0.25, -0.2) is 4.39 Å². The maximum atomic E-state index is 13.3. The highest BCUT2D eigenvalue weighted by molar-refractivity contribution is 5.96. The summed E-state index contributed by atoms with van der Waals surface area (Å²) < 4.78 is 24.2. The predicted molar refractivity (Wildman–Crippen MR) is 105 cm³/mol. The number of carbonyl (C=O) groups excluding carboxylic acids is 1. The fourth-order valence-corrected chi connectivity index (χ4v) is 3.65. The summed E-state index contributed by atoms with van der Waals surface area (Å²) in [5.41, 5.74) is 1.08. The van der Waals surface area contributed by atoms with Gasteiger partial charge in [0, 0.05) is 12.1 Å². The van der Waals surface area contributed by atoms with Gasteiger partial charge in [0.1, 0.15) is 18.0 Å². The molecule has 3 rings (SSSR count). The highest BCUT2D eigenvalue weighted by Crippen LogP contribution is 2.27. The molecule has 5 nitrogen and oxygen atoms in total. The quantitative estimate of drug-likeness (QED) is 0.761. The number of rotatable bonds is 7. The molecule has 1 saturated carbocycles. The lowest BCUT2D eigenvalue weighted by molar-refractivity contribution is 0.0915. The summed E-state index contributed by atoms with van der Waals surface area (Å²) in [6.45, 7) is 2.24. The van der Waals surface area contributed by atoms with Crippen LogP contribution in [0.5, 0.6) is 11.8 Å². The van der Waals surface area contributed by atoms with E-state index in [-0.39, 0.29) is 30.3 Å². The Kier molecular flexibility index (Phi) is 6.85. The largest absolute Gasteiger partial charge is 0.480 e. The van der Waals surface area contributed by atoms with E-state index in [1.54, 1.807) is 24.3 Å². The molecule has 1 aliphatic rings.